The summed E-state index contributed by atoms with van der Waals surface area (Å²) in [5.74, 6) is 0.576. The van der Waals surface area contributed by atoms with E-state index in [4.69, 9.17) is 5.73 Å². The Labute approximate surface area is 133 Å². The molecule has 5 heteroatoms. The molecule has 1 aromatic rings. The van der Waals surface area contributed by atoms with Crippen molar-refractivity contribution in [3.05, 3.63) is 29.3 Å². The number of anilines is 1. The van der Waals surface area contributed by atoms with Crippen LogP contribution >= 0.6 is 12.4 Å². The molecule has 0 bridgehead atoms. The quantitative estimate of drug-likeness (QED) is 0.897. The molecule has 0 spiro atoms. The van der Waals surface area contributed by atoms with Gasteiger partial charge in [-0.15, -0.1) is 12.4 Å². The highest BCUT2D eigenvalue weighted by molar-refractivity contribution is 5.93. The molecular weight excluding hydrogens is 286 g/mol. The fourth-order valence-electron chi connectivity index (χ4n) is 2.70. The van der Waals surface area contributed by atoms with Crippen molar-refractivity contribution in [1.82, 2.24) is 4.90 Å². The van der Waals surface area contributed by atoms with Gasteiger partial charge in [0.05, 0.1) is 6.54 Å². The molecule has 1 fully saturated rings. The van der Waals surface area contributed by atoms with Gasteiger partial charge in [0.25, 0.3) is 0 Å². The molecule has 1 heterocycles. The summed E-state index contributed by atoms with van der Waals surface area (Å²) in [7, 11) is 0. The zero-order valence-corrected chi connectivity index (χ0v) is 13.9. The molecule has 0 aromatic heterocycles. The van der Waals surface area contributed by atoms with E-state index in [0.717, 1.165) is 36.3 Å². The minimum atomic E-state index is 0. The van der Waals surface area contributed by atoms with Crippen LogP contribution in [0.3, 0.4) is 0 Å². The lowest BCUT2D eigenvalue weighted by Gasteiger charge is -2.18. The average Bonchev–Trinajstić information content (AvgIpc) is 2.82. The predicted octanol–water partition coefficient (Wildman–Crippen LogP) is 2.33. The van der Waals surface area contributed by atoms with Crippen molar-refractivity contribution in [1.29, 1.82) is 0 Å². The summed E-state index contributed by atoms with van der Waals surface area (Å²) >= 11 is 0. The van der Waals surface area contributed by atoms with E-state index in [2.05, 4.69) is 16.3 Å². The minimum absolute atomic E-state index is 0. The topological polar surface area (TPSA) is 58.4 Å². The number of carbonyl (C=O) groups is 1. The second-order valence-corrected chi connectivity index (χ2v) is 6.01. The number of hydrogen-bond donors (Lipinski definition) is 2. The first kappa shape index (κ1) is 18.0. The molecule has 1 amide bonds. The van der Waals surface area contributed by atoms with Crippen LogP contribution in [0.1, 0.15) is 24.5 Å². The average molecular weight is 312 g/mol. The van der Waals surface area contributed by atoms with E-state index >= 15 is 0 Å². The zero-order valence-electron chi connectivity index (χ0n) is 13.1. The highest BCUT2D eigenvalue weighted by Gasteiger charge is 2.26. The van der Waals surface area contributed by atoms with Gasteiger partial charge in [-0.3, -0.25) is 9.69 Å². The largest absolute Gasteiger partial charge is 0.328 e. The molecule has 4 nitrogen and oxygen atoms in total. The number of likely N-dealkylation sites (tertiary alicyclic amines) is 1. The number of nitrogens with two attached hydrogens (primary N) is 1. The van der Waals surface area contributed by atoms with E-state index in [9.17, 15) is 4.79 Å². The van der Waals surface area contributed by atoms with Crippen LogP contribution in [0.5, 0.6) is 0 Å². The second-order valence-electron chi connectivity index (χ2n) is 6.01. The van der Waals surface area contributed by atoms with Gasteiger partial charge in [-0.2, -0.15) is 0 Å². The van der Waals surface area contributed by atoms with Crippen molar-refractivity contribution >= 4 is 24.0 Å². The third kappa shape index (κ3) is 4.99. The maximum absolute atomic E-state index is 12.1. The number of nitrogens with zero attached hydrogens (tertiary/aromatic N) is 1. The number of benzene rings is 1. The number of nitrogens with one attached hydrogen (secondary N) is 1. The third-order valence-electron chi connectivity index (χ3n) is 4.09. The second kappa shape index (κ2) is 7.78. The smallest absolute Gasteiger partial charge is 0.238 e. The van der Waals surface area contributed by atoms with E-state index in [-0.39, 0.29) is 24.4 Å². The molecule has 2 rings (SSSR count). The third-order valence-corrected chi connectivity index (χ3v) is 4.09. The van der Waals surface area contributed by atoms with Crippen molar-refractivity contribution in [2.75, 3.05) is 25.0 Å². The van der Waals surface area contributed by atoms with Gasteiger partial charge in [0.2, 0.25) is 5.91 Å². The van der Waals surface area contributed by atoms with Crippen molar-refractivity contribution in [2.45, 2.75) is 33.2 Å². The minimum Gasteiger partial charge on any atom is -0.328 e. The number of rotatable bonds is 4. The van der Waals surface area contributed by atoms with Gasteiger partial charge < -0.3 is 11.1 Å². The molecular formula is C16H26ClN3O. The van der Waals surface area contributed by atoms with Gasteiger partial charge >= 0.3 is 0 Å². The van der Waals surface area contributed by atoms with E-state index < -0.39 is 0 Å². The highest BCUT2D eigenvalue weighted by atomic mass is 35.5. The standard InChI is InChI=1S/C16H25N3O.ClH/c1-11-4-5-12(2)15(8-11)18-16(20)10-19-7-6-14(9-19)13(3)17;/h4-5,8,13-14H,6-7,9-10,17H2,1-3H3,(H,18,20);1H. The number of amides is 1. The first-order chi connectivity index (χ1) is 9.45. The van der Waals surface area contributed by atoms with Gasteiger partial charge in [-0.1, -0.05) is 12.1 Å². The van der Waals surface area contributed by atoms with Crippen LogP contribution < -0.4 is 11.1 Å². The lowest BCUT2D eigenvalue weighted by Crippen LogP contribution is -2.34. The van der Waals surface area contributed by atoms with Gasteiger partial charge in [-0.25, -0.2) is 0 Å². The number of hydrogen-bond acceptors (Lipinski definition) is 3. The molecule has 1 aliphatic heterocycles. The fourth-order valence-corrected chi connectivity index (χ4v) is 2.70. The van der Waals surface area contributed by atoms with E-state index in [1.807, 2.05) is 32.9 Å². The van der Waals surface area contributed by atoms with Crippen LogP contribution in [0.4, 0.5) is 5.69 Å². The van der Waals surface area contributed by atoms with Gasteiger partial charge in [0.15, 0.2) is 0 Å². The summed E-state index contributed by atoms with van der Waals surface area (Å²) in [5, 5.41) is 3.01. The molecule has 1 aliphatic rings. The molecule has 0 saturated carbocycles. The van der Waals surface area contributed by atoms with Crippen LogP contribution in [-0.2, 0) is 4.79 Å². The van der Waals surface area contributed by atoms with Gasteiger partial charge in [0, 0.05) is 18.3 Å². The predicted molar refractivity (Wildman–Crippen MR) is 90.0 cm³/mol. The highest BCUT2D eigenvalue weighted by Crippen LogP contribution is 2.19. The van der Waals surface area contributed by atoms with Crippen molar-refractivity contribution < 1.29 is 4.79 Å². The van der Waals surface area contributed by atoms with Crippen LogP contribution in [0.15, 0.2) is 18.2 Å². The summed E-state index contributed by atoms with van der Waals surface area (Å²) in [5.41, 5.74) is 9.09. The maximum Gasteiger partial charge on any atom is 0.238 e. The molecule has 0 aliphatic carbocycles. The lowest BCUT2D eigenvalue weighted by molar-refractivity contribution is -0.117. The zero-order chi connectivity index (χ0) is 14.7. The SMILES string of the molecule is Cc1ccc(C)c(NC(=O)CN2CCC(C(C)N)C2)c1.Cl. The summed E-state index contributed by atoms with van der Waals surface area (Å²) in [6.07, 6.45) is 1.09. The molecule has 2 unspecified atom stereocenters. The summed E-state index contributed by atoms with van der Waals surface area (Å²) < 4.78 is 0. The molecule has 2 atom stereocenters. The Kier molecular flexibility index (Phi) is 6.65. The molecule has 118 valence electrons. The van der Waals surface area contributed by atoms with Crippen molar-refractivity contribution in [3.63, 3.8) is 0 Å². The Morgan fingerprint density at radius 2 is 2.19 bits per heavy atom. The fraction of sp³-hybridized carbons (Fsp3) is 0.562. The lowest BCUT2D eigenvalue weighted by atomic mass is 10.0. The molecule has 1 saturated heterocycles. The Bertz CT molecular complexity index is 490. The van der Waals surface area contributed by atoms with E-state index in [1.54, 1.807) is 0 Å². The van der Waals surface area contributed by atoms with Crippen LogP contribution in [0.2, 0.25) is 0 Å². The molecule has 21 heavy (non-hydrogen) atoms. The van der Waals surface area contributed by atoms with Crippen molar-refractivity contribution in [3.8, 4) is 0 Å². The molecule has 0 radical (unpaired) electrons. The Morgan fingerprint density at radius 1 is 1.48 bits per heavy atom. The maximum atomic E-state index is 12.1. The van der Waals surface area contributed by atoms with Crippen molar-refractivity contribution in [2.24, 2.45) is 11.7 Å². The van der Waals surface area contributed by atoms with Gasteiger partial charge in [0.1, 0.15) is 0 Å². The summed E-state index contributed by atoms with van der Waals surface area (Å²) in [4.78, 5) is 14.3. The number of aryl methyl sites for hydroxylation is 2. The normalized spacial score (nSPS) is 19.9. The van der Waals surface area contributed by atoms with Crippen LogP contribution in [0, 0.1) is 19.8 Å². The number of halogens is 1. The molecule has 3 N–H and O–H groups in total. The van der Waals surface area contributed by atoms with Crippen LogP contribution in [0.25, 0.3) is 0 Å². The van der Waals surface area contributed by atoms with E-state index in [0.29, 0.717) is 12.5 Å². The summed E-state index contributed by atoms with van der Waals surface area (Å²) in [6.45, 7) is 8.44. The molecule has 1 aromatic carbocycles. The van der Waals surface area contributed by atoms with Crippen LogP contribution in [-0.4, -0.2) is 36.5 Å². The van der Waals surface area contributed by atoms with E-state index in [1.165, 1.54) is 0 Å². The first-order valence-corrected chi connectivity index (χ1v) is 7.30. The Balaban J connectivity index is 0.00000220. The monoisotopic (exact) mass is 311 g/mol. The Hall–Kier alpha value is -1.10. The Morgan fingerprint density at radius 3 is 2.81 bits per heavy atom. The first-order valence-electron chi connectivity index (χ1n) is 7.30. The number of carbonyl (C=O) groups excluding carboxylic acids is 1. The van der Waals surface area contributed by atoms with Gasteiger partial charge in [-0.05, 0) is 56.8 Å². The summed E-state index contributed by atoms with van der Waals surface area (Å²) in [6, 6.07) is 6.32.